The van der Waals surface area contributed by atoms with Crippen LogP contribution in [0.2, 0.25) is 0 Å². The van der Waals surface area contributed by atoms with Gasteiger partial charge in [0.1, 0.15) is 18.0 Å². The van der Waals surface area contributed by atoms with Gasteiger partial charge in [0.15, 0.2) is 0 Å². The van der Waals surface area contributed by atoms with Crippen molar-refractivity contribution in [2.24, 2.45) is 0 Å². The van der Waals surface area contributed by atoms with Crippen molar-refractivity contribution in [2.45, 2.75) is 0 Å². The van der Waals surface area contributed by atoms with Gasteiger partial charge in [-0.05, 0) is 12.1 Å². The highest BCUT2D eigenvalue weighted by atomic mass is 16.1. The Bertz CT molecular complexity index is 566. The molecule has 1 aromatic heterocycles. The van der Waals surface area contributed by atoms with Crippen LogP contribution in [0.1, 0.15) is 5.56 Å². The van der Waals surface area contributed by atoms with E-state index in [-0.39, 0.29) is 11.1 Å². The van der Waals surface area contributed by atoms with Gasteiger partial charge in [-0.25, -0.2) is 4.98 Å². The maximum atomic E-state index is 11.7. The lowest BCUT2D eigenvalue weighted by atomic mass is 10.3. The zero-order valence-electron chi connectivity index (χ0n) is 7.79. The topological polar surface area (TPSA) is 58.7 Å². The summed E-state index contributed by atoms with van der Waals surface area (Å²) in [6.07, 6.45) is 2.67. The number of nitrogens with zero attached hydrogens (tertiary/aromatic N) is 3. The van der Waals surface area contributed by atoms with Crippen molar-refractivity contribution < 1.29 is 0 Å². The Balaban J connectivity index is 2.66. The number of rotatable bonds is 1. The normalized spacial score (nSPS) is 9.53. The third-order valence-electron chi connectivity index (χ3n) is 1.99. The van der Waals surface area contributed by atoms with E-state index in [1.54, 1.807) is 12.1 Å². The first-order valence-corrected chi connectivity index (χ1v) is 4.35. The third-order valence-corrected chi connectivity index (χ3v) is 1.99. The average molecular weight is 197 g/mol. The second-order valence-corrected chi connectivity index (χ2v) is 2.93. The van der Waals surface area contributed by atoms with Gasteiger partial charge < -0.3 is 0 Å². The van der Waals surface area contributed by atoms with E-state index in [1.807, 2.05) is 24.3 Å². The summed E-state index contributed by atoms with van der Waals surface area (Å²) >= 11 is 0. The van der Waals surface area contributed by atoms with Crippen LogP contribution in [0.25, 0.3) is 5.69 Å². The summed E-state index contributed by atoms with van der Waals surface area (Å²) in [6.45, 7) is 0. The van der Waals surface area contributed by atoms with Gasteiger partial charge in [-0.2, -0.15) is 5.26 Å². The number of aromatic nitrogens is 2. The molecule has 0 radical (unpaired) electrons. The van der Waals surface area contributed by atoms with Crippen molar-refractivity contribution >= 4 is 0 Å². The predicted molar refractivity (Wildman–Crippen MR) is 54.5 cm³/mol. The number of hydrogen-bond acceptors (Lipinski definition) is 3. The molecule has 0 atom stereocenters. The minimum absolute atomic E-state index is 0.0429. The van der Waals surface area contributed by atoms with Crippen LogP contribution >= 0.6 is 0 Å². The highest BCUT2D eigenvalue weighted by molar-refractivity contribution is 5.33. The Kier molecular flexibility index (Phi) is 2.30. The van der Waals surface area contributed by atoms with Crippen LogP contribution in [0.3, 0.4) is 0 Å². The van der Waals surface area contributed by atoms with Crippen LogP contribution < -0.4 is 5.56 Å². The SMILES string of the molecule is N#Cc1cncn(-c2ccccc2)c1=O. The number of nitriles is 1. The van der Waals surface area contributed by atoms with Crippen molar-refractivity contribution in [2.75, 3.05) is 0 Å². The van der Waals surface area contributed by atoms with Crippen molar-refractivity contribution in [1.29, 1.82) is 5.26 Å². The molecule has 0 N–H and O–H groups in total. The lowest BCUT2D eigenvalue weighted by molar-refractivity contribution is 0.927. The smallest absolute Gasteiger partial charge is 0.267 e. The molecule has 0 amide bonds. The standard InChI is InChI=1S/C11H7N3O/c12-6-9-7-13-8-14(11(9)15)10-4-2-1-3-5-10/h1-5,7-8H. The van der Waals surface area contributed by atoms with Gasteiger partial charge in [-0.1, -0.05) is 18.2 Å². The molecule has 1 aromatic carbocycles. The molecule has 4 heteroatoms. The first-order valence-electron chi connectivity index (χ1n) is 4.35. The van der Waals surface area contributed by atoms with Crippen LogP contribution in [-0.4, -0.2) is 9.55 Å². The Hall–Kier alpha value is -2.41. The summed E-state index contributed by atoms with van der Waals surface area (Å²) in [5.74, 6) is 0. The molecule has 15 heavy (non-hydrogen) atoms. The molecule has 0 aliphatic heterocycles. The van der Waals surface area contributed by atoms with Gasteiger partial charge in [0.05, 0.1) is 11.9 Å². The molecule has 0 bridgehead atoms. The van der Waals surface area contributed by atoms with Crippen molar-refractivity contribution in [1.82, 2.24) is 9.55 Å². The van der Waals surface area contributed by atoms with Crippen LogP contribution in [0.4, 0.5) is 0 Å². The second kappa shape index (κ2) is 3.76. The minimum Gasteiger partial charge on any atom is -0.267 e. The largest absolute Gasteiger partial charge is 0.275 e. The fourth-order valence-electron chi connectivity index (χ4n) is 1.26. The summed E-state index contributed by atoms with van der Waals surface area (Å²) in [6, 6.07) is 10.9. The molecule has 0 fully saturated rings. The van der Waals surface area contributed by atoms with E-state index in [2.05, 4.69) is 4.98 Å². The first kappa shape index (κ1) is 9.16. The molecule has 0 saturated carbocycles. The van der Waals surface area contributed by atoms with E-state index in [4.69, 9.17) is 5.26 Å². The average Bonchev–Trinajstić information content (AvgIpc) is 2.30. The molecular formula is C11H7N3O. The number of para-hydroxylation sites is 1. The quantitative estimate of drug-likeness (QED) is 0.687. The maximum Gasteiger partial charge on any atom is 0.275 e. The van der Waals surface area contributed by atoms with E-state index in [9.17, 15) is 4.79 Å². The van der Waals surface area contributed by atoms with Crippen LogP contribution in [0.15, 0.2) is 47.7 Å². The summed E-state index contributed by atoms with van der Waals surface area (Å²) in [5.41, 5.74) is 0.396. The number of hydrogen-bond donors (Lipinski definition) is 0. The summed E-state index contributed by atoms with van der Waals surface area (Å²) < 4.78 is 1.35. The molecule has 2 rings (SSSR count). The van der Waals surface area contributed by atoms with E-state index >= 15 is 0 Å². The molecule has 4 nitrogen and oxygen atoms in total. The molecule has 0 aliphatic rings. The van der Waals surface area contributed by atoms with E-state index in [0.29, 0.717) is 5.69 Å². The zero-order valence-corrected chi connectivity index (χ0v) is 7.79. The van der Waals surface area contributed by atoms with E-state index < -0.39 is 0 Å². The first-order chi connectivity index (χ1) is 7.33. The number of benzene rings is 1. The lowest BCUT2D eigenvalue weighted by Crippen LogP contribution is -2.20. The Morgan fingerprint density at radius 2 is 2.00 bits per heavy atom. The van der Waals surface area contributed by atoms with Gasteiger partial charge in [0.25, 0.3) is 5.56 Å². The molecule has 0 unspecified atom stereocenters. The van der Waals surface area contributed by atoms with Crippen LogP contribution in [0.5, 0.6) is 0 Å². The van der Waals surface area contributed by atoms with Gasteiger partial charge in [0.2, 0.25) is 0 Å². The van der Waals surface area contributed by atoms with Gasteiger partial charge >= 0.3 is 0 Å². The van der Waals surface area contributed by atoms with Gasteiger partial charge in [0, 0.05) is 0 Å². The fourth-order valence-corrected chi connectivity index (χ4v) is 1.26. The Morgan fingerprint density at radius 1 is 1.27 bits per heavy atom. The van der Waals surface area contributed by atoms with Crippen molar-refractivity contribution in [3.05, 3.63) is 58.8 Å². The van der Waals surface area contributed by atoms with E-state index in [0.717, 1.165) is 0 Å². The molecule has 2 aromatic rings. The van der Waals surface area contributed by atoms with Crippen molar-refractivity contribution in [3.63, 3.8) is 0 Å². The maximum absolute atomic E-state index is 11.7. The van der Waals surface area contributed by atoms with Gasteiger partial charge in [-0.3, -0.25) is 9.36 Å². The molecule has 0 saturated heterocycles. The van der Waals surface area contributed by atoms with Crippen molar-refractivity contribution in [3.8, 4) is 11.8 Å². The fraction of sp³-hybridized carbons (Fsp3) is 0. The molecular weight excluding hydrogens is 190 g/mol. The summed E-state index contributed by atoms with van der Waals surface area (Å²) in [5, 5.41) is 8.69. The summed E-state index contributed by atoms with van der Waals surface area (Å²) in [7, 11) is 0. The summed E-state index contributed by atoms with van der Waals surface area (Å²) in [4.78, 5) is 15.5. The van der Waals surface area contributed by atoms with Gasteiger partial charge in [-0.15, -0.1) is 0 Å². The van der Waals surface area contributed by atoms with Crippen LogP contribution in [0, 0.1) is 11.3 Å². The molecule has 1 heterocycles. The zero-order chi connectivity index (χ0) is 10.7. The molecule has 72 valence electrons. The lowest BCUT2D eigenvalue weighted by Gasteiger charge is -2.03. The second-order valence-electron chi connectivity index (χ2n) is 2.93. The Labute approximate surface area is 86.1 Å². The monoisotopic (exact) mass is 197 g/mol. The minimum atomic E-state index is -0.348. The Morgan fingerprint density at radius 3 is 2.67 bits per heavy atom. The van der Waals surface area contributed by atoms with E-state index in [1.165, 1.54) is 17.1 Å². The highest BCUT2D eigenvalue weighted by Gasteiger charge is 2.03. The highest BCUT2D eigenvalue weighted by Crippen LogP contribution is 2.02. The molecule has 0 spiro atoms. The third kappa shape index (κ3) is 1.63. The molecule has 0 aliphatic carbocycles. The predicted octanol–water partition coefficient (Wildman–Crippen LogP) is 1.10. The van der Waals surface area contributed by atoms with Crippen LogP contribution in [-0.2, 0) is 0 Å².